The van der Waals surface area contributed by atoms with Gasteiger partial charge < -0.3 is 19.4 Å². The number of benzene rings is 2. The summed E-state index contributed by atoms with van der Waals surface area (Å²) >= 11 is 0. The average molecular weight is 414 g/mol. The maximum atomic E-state index is 11.1. The number of nitrogens with one attached hydrogen (secondary N) is 1. The van der Waals surface area contributed by atoms with Gasteiger partial charge in [0.1, 0.15) is 5.75 Å². The van der Waals surface area contributed by atoms with E-state index in [-0.39, 0.29) is 18.2 Å². The molecule has 2 atom stereocenters. The van der Waals surface area contributed by atoms with Gasteiger partial charge in [-0.15, -0.1) is 0 Å². The summed E-state index contributed by atoms with van der Waals surface area (Å²) in [6, 6.07) is 16.9. The van der Waals surface area contributed by atoms with Crippen LogP contribution in [0.15, 0.2) is 67.3 Å². The number of hydrogen-bond acceptors (Lipinski definition) is 3. The molecule has 1 aliphatic carbocycles. The van der Waals surface area contributed by atoms with Crippen LogP contribution in [0.1, 0.15) is 43.7 Å². The van der Waals surface area contributed by atoms with Crippen molar-refractivity contribution in [2.75, 3.05) is 0 Å². The summed E-state index contributed by atoms with van der Waals surface area (Å²) in [6.45, 7) is 0. The van der Waals surface area contributed by atoms with Gasteiger partial charge in [0.2, 0.25) is 0 Å². The first kappa shape index (κ1) is 18.7. The fraction of sp³-hybridized carbons (Fsp3) is 0.346. The predicted molar refractivity (Wildman–Crippen MR) is 121 cm³/mol. The van der Waals surface area contributed by atoms with E-state index in [1.807, 2.05) is 30.9 Å². The van der Waals surface area contributed by atoms with Gasteiger partial charge in [0.05, 0.1) is 36.5 Å². The molecule has 2 unspecified atom stereocenters. The predicted octanol–water partition coefficient (Wildman–Crippen LogP) is 5.32. The normalized spacial score (nSPS) is 23.5. The molecule has 0 spiro atoms. The molecule has 0 bridgehead atoms. The van der Waals surface area contributed by atoms with E-state index in [9.17, 15) is 5.11 Å². The molecule has 5 heteroatoms. The summed E-state index contributed by atoms with van der Waals surface area (Å²) < 4.78 is 8.55. The Bertz CT molecular complexity index is 1200. The van der Waals surface area contributed by atoms with Crippen LogP contribution in [-0.4, -0.2) is 31.8 Å². The molecule has 4 aromatic rings. The highest BCUT2D eigenvalue weighted by Crippen LogP contribution is 2.43. The fourth-order valence-electron chi connectivity index (χ4n) is 5.51. The lowest BCUT2D eigenvalue weighted by atomic mass is 9.81. The lowest BCUT2D eigenvalue weighted by Crippen LogP contribution is -2.31. The SMILES string of the molecule is OC(CC1c2ccccc2-c2cncn21)[C@H]1CC[C@H](Oc2c[nH]c3ccccc23)CC1. The Labute approximate surface area is 181 Å². The molecule has 5 nitrogen and oxygen atoms in total. The summed E-state index contributed by atoms with van der Waals surface area (Å²) in [6.07, 6.45) is 10.4. The number of ether oxygens (including phenoxy) is 1. The summed E-state index contributed by atoms with van der Waals surface area (Å²) in [5.74, 6) is 1.26. The minimum Gasteiger partial charge on any atom is -0.488 e. The van der Waals surface area contributed by atoms with Crippen LogP contribution in [0.3, 0.4) is 0 Å². The Morgan fingerprint density at radius 3 is 2.77 bits per heavy atom. The number of hydrogen-bond donors (Lipinski definition) is 2. The highest BCUT2D eigenvalue weighted by atomic mass is 16.5. The summed E-state index contributed by atoms with van der Waals surface area (Å²) in [5.41, 5.74) is 4.81. The van der Waals surface area contributed by atoms with Gasteiger partial charge in [0.25, 0.3) is 0 Å². The molecule has 31 heavy (non-hydrogen) atoms. The van der Waals surface area contributed by atoms with Crippen LogP contribution in [0.2, 0.25) is 0 Å². The number of aromatic amines is 1. The molecule has 0 saturated heterocycles. The summed E-state index contributed by atoms with van der Waals surface area (Å²) in [4.78, 5) is 7.63. The molecule has 0 radical (unpaired) electrons. The molecule has 0 amide bonds. The molecule has 1 saturated carbocycles. The minimum absolute atomic E-state index is 0.170. The summed E-state index contributed by atoms with van der Waals surface area (Å²) in [5, 5.41) is 12.3. The smallest absolute Gasteiger partial charge is 0.144 e. The van der Waals surface area contributed by atoms with Crippen molar-refractivity contribution in [3.05, 3.63) is 72.8 Å². The zero-order valence-corrected chi connectivity index (χ0v) is 17.4. The topological polar surface area (TPSA) is 63.1 Å². The van der Waals surface area contributed by atoms with E-state index in [4.69, 9.17) is 4.74 Å². The van der Waals surface area contributed by atoms with E-state index in [0.717, 1.165) is 54.5 Å². The molecular formula is C26H27N3O2. The second-order valence-corrected chi connectivity index (χ2v) is 8.95. The van der Waals surface area contributed by atoms with Crippen LogP contribution < -0.4 is 4.74 Å². The lowest BCUT2D eigenvalue weighted by molar-refractivity contribution is 0.0405. The third-order valence-corrected chi connectivity index (χ3v) is 7.17. The number of H-pyrrole nitrogens is 1. The Kier molecular flexibility index (Phi) is 4.57. The van der Waals surface area contributed by atoms with Gasteiger partial charge in [-0.3, -0.25) is 0 Å². The fourth-order valence-corrected chi connectivity index (χ4v) is 5.51. The van der Waals surface area contributed by atoms with Gasteiger partial charge >= 0.3 is 0 Å². The van der Waals surface area contributed by atoms with Gasteiger partial charge in [-0.2, -0.15) is 0 Å². The van der Waals surface area contributed by atoms with Crippen LogP contribution >= 0.6 is 0 Å². The highest BCUT2D eigenvalue weighted by Gasteiger charge is 2.34. The number of para-hydroxylation sites is 1. The minimum atomic E-state index is -0.319. The maximum absolute atomic E-state index is 11.1. The first-order valence-electron chi connectivity index (χ1n) is 11.3. The van der Waals surface area contributed by atoms with Crippen molar-refractivity contribution in [1.82, 2.24) is 14.5 Å². The van der Waals surface area contributed by atoms with Crippen LogP contribution in [0.25, 0.3) is 22.2 Å². The molecule has 1 fully saturated rings. The Morgan fingerprint density at radius 1 is 1.06 bits per heavy atom. The van der Waals surface area contributed by atoms with E-state index in [1.54, 1.807) is 0 Å². The first-order chi connectivity index (χ1) is 15.3. The average Bonchev–Trinajstić information content (AvgIpc) is 3.51. The van der Waals surface area contributed by atoms with Gasteiger partial charge in [-0.25, -0.2) is 4.98 Å². The van der Waals surface area contributed by atoms with Gasteiger partial charge in [0.15, 0.2) is 0 Å². The van der Waals surface area contributed by atoms with Crippen molar-refractivity contribution in [3.63, 3.8) is 0 Å². The third-order valence-electron chi connectivity index (χ3n) is 7.17. The molecule has 3 heterocycles. The Hall–Kier alpha value is -3.05. The van der Waals surface area contributed by atoms with Crippen molar-refractivity contribution >= 4 is 10.9 Å². The largest absolute Gasteiger partial charge is 0.488 e. The maximum Gasteiger partial charge on any atom is 0.144 e. The zero-order chi connectivity index (χ0) is 20.8. The Balaban J connectivity index is 1.10. The zero-order valence-electron chi connectivity index (χ0n) is 17.4. The molecular weight excluding hydrogens is 386 g/mol. The molecule has 158 valence electrons. The Morgan fingerprint density at radius 2 is 1.87 bits per heavy atom. The van der Waals surface area contributed by atoms with Crippen LogP contribution in [0.5, 0.6) is 5.75 Å². The molecule has 2 aliphatic rings. The number of aliphatic hydroxyl groups excluding tert-OH is 1. The van der Waals surface area contributed by atoms with Gasteiger partial charge in [-0.1, -0.05) is 36.4 Å². The second-order valence-electron chi connectivity index (χ2n) is 8.95. The number of fused-ring (bicyclic) bond motifs is 4. The third kappa shape index (κ3) is 3.24. The van der Waals surface area contributed by atoms with E-state index >= 15 is 0 Å². The lowest BCUT2D eigenvalue weighted by Gasteiger charge is -2.33. The number of nitrogens with zero attached hydrogens (tertiary/aromatic N) is 2. The number of imidazole rings is 1. The van der Waals surface area contributed by atoms with E-state index < -0.39 is 0 Å². The molecule has 2 aromatic heterocycles. The standard InChI is InChI=1S/C26H27N3O2/c30-25(13-23-19-5-1-2-6-20(19)24-14-27-16-29(23)24)17-9-11-18(12-10-17)31-26-15-28-22-8-4-3-7-21(22)26/h1-8,14-18,23,25,28,30H,9-13H2/t17-,18-,23?,25?. The van der Waals surface area contributed by atoms with Crippen molar-refractivity contribution in [1.29, 1.82) is 0 Å². The second kappa shape index (κ2) is 7.57. The number of rotatable bonds is 5. The molecule has 2 N–H and O–H groups in total. The van der Waals surface area contributed by atoms with E-state index in [2.05, 4.69) is 50.9 Å². The van der Waals surface area contributed by atoms with Crippen LogP contribution in [0.4, 0.5) is 0 Å². The molecule has 2 aromatic carbocycles. The van der Waals surface area contributed by atoms with Crippen molar-refractivity contribution in [2.45, 2.75) is 50.4 Å². The summed E-state index contributed by atoms with van der Waals surface area (Å²) in [7, 11) is 0. The van der Waals surface area contributed by atoms with Gasteiger partial charge in [0, 0.05) is 22.7 Å². The highest BCUT2D eigenvalue weighted by molar-refractivity contribution is 5.85. The van der Waals surface area contributed by atoms with Gasteiger partial charge in [-0.05, 0) is 55.7 Å². The quantitative estimate of drug-likeness (QED) is 0.465. The number of aromatic nitrogens is 3. The van der Waals surface area contributed by atoms with Crippen LogP contribution in [0, 0.1) is 5.92 Å². The van der Waals surface area contributed by atoms with Crippen molar-refractivity contribution in [2.24, 2.45) is 5.92 Å². The van der Waals surface area contributed by atoms with Crippen molar-refractivity contribution < 1.29 is 9.84 Å². The van der Waals surface area contributed by atoms with E-state index in [0.29, 0.717) is 5.92 Å². The molecule has 1 aliphatic heterocycles. The van der Waals surface area contributed by atoms with Crippen LogP contribution in [-0.2, 0) is 0 Å². The first-order valence-corrected chi connectivity index (χ1v) is 11.3. The van der Waals surface area contributed by atoms with Crippen molar-refractivity contribution in [3.8, 4) is 17.0 Å². The molecule has 6 rings (SSSR count). The van der Waals surface area contributed by atoms with E-state index in [1.165, 1.54) is 11.1 Å². The number of aliphatic hydroxyl groups is 1. The monoisotopic (exact) mass is 413 g/mol.